The molecule has 0 atom stereocenters. The van der Waals surface area contributed by atoms with Crippen LogP contribution in [-0.2, 0) is 9.59 Å². The molecule has 0 bridgehead atoms. The topological polar surface area (TPSA) is 69.6 Å². The van der Waals surface area contributed by atoms with Crippen molar-refractivity contribution in [1.82, 2.24) is 5.32 Å². The molecule has 0 aromatic heterocycles. The second-order valence-electron chi connectivity index (χ2n) is 4.76. The Labute approximate surface area is 131 Å². The van der Waals surface area contributed by atoms with Gasteiger partial charge in [-0.1, -0.05) is 36.0 Å². The summed E-state index contributed by atoms with van der Waals surface area (Å²) in [4.78, 5) is 26.8. The highest BCUT2D eigenvalue weighted by Crippen LogP contribution is 2.47. The number of hydrogen-bond donors (Lipinski definition) is 2. The molecule has 0 saturated carbocycles. The average molecular weight is 314 g/mol. The molecule has 3 rings (SSSR count). The number of benzene rings is 2. The lowest BCUT2D eigenvalue weighted by molar-refractivity contribution is -0.135. The third-order valence-electron chi connectivity index (χ3n) is 3.23. The Bertz CT molecular complexity index is 687. The van der Waals surface area contributed by atoms with Gasteiger partial charge >= 0.3 is 5.97 Å². The van der Waals surface area contributed by atoms with Crippen molar-refractivity contribution < 1.29 is 14.7 Å². The number of carbonyl (C=O) groups is 2. The van der Waals surface area contributed by atoms with Crippen LogP contribution in [0.15, 0.2) is 58.3 Å². The van der Waals surface area contributed by atoms with Gasteiger partial charge in [-0.15, -0.1) is 0 Å². The lowest BCUT2D eigenvalue weighted by Crippen LogP contribution is -2.38. The van der Waals surface area contributed by atoms with E-state index in [0.29, 0.717) is 0 Å². The molecule has 2 aromatic carbocycles. The number of carboxylic acids is 1. The molecule has 2 aromatic rings. The zero-order chi connectivity index (χ0) is 15.5. The summed E-state index contributed by atoms with van der Waals surface area (Å²) < 4.78 is 0. The standard InChI is InChI=1S/C16H14N2O3S/c19-15(9-17-10-16(20)21)18-11-5-1-3-7-13(11)22-14-8-4-2-6-12(14)18/h1-8,17H,9-10H2,(H,20,21). The molecule has 6 heteroatoms. The van der Waals surface area contributed by atoms with Gasteiger partial charge in [0.1, 0.15) is 0 Å². The fraction of sp³-hybridized carbons (Fsp3) is 0.125. The van der Waals surface area contributed by atoms with Gasteiger partial charge in [0.2, 0.25) is 5.91 Å². The van der Waals surface area contributed by atoms with Gasteiger partial charge < -0.3 is 5.11 Å². The molecule has 0 spiro atoms. The minimum atomic E-state index is -0.984. The molecule has 112 valence electrons. The van der Waals surface area contributed by atoms with Gasteiger partial charge in [0, 0.05) is 9.79 Å². The van der Waals surface area contributed by atoms with Gasteiger partial charge in [0.05, 0.1) is 24.5 Å². The molecule has 5 nitrogen and oxygen atoms in total. The van der Waals surface area contributed by atoms with Crippen molar-refractivity contribution in [3.8, 4) is 0 Å². The molecule has 1 aliphatic rings. The highest BCUT2D eigenvalue weighted by atomic mass is 32.2. The summed E-state index contributed by atoms with van der Waals surface area (Å²) in [6.45, 7) is -0.267. The van der Waals surface area contributed by atoms with Crippen molar-refractivity contribution in [1.29, 1.82) is 0 Å². The highest BCUT2D eigenvalue weighted by molar-refractivity contribution is 7.99. The molecule has 0 radical (unpaired) electrons. The summed E-state index contributed by atoms with van der Waals surface area (Å²) in [5.41, 5.74) is 1.65. The molecular weight excluding hydrogens is 300 g/mol. The summed E-state index contributed by atoms with van der Waals surface area (Å²) in [6.07, 6.45) is 0. The maximum absolute atomic E-state index is 12.6. The zero-order valence-electron chi connectivity index (χ0n) is 11.7. The fourth-order valence-electron chi connectivity index (χ4n) is 2.33. The number of hydrogen-bond acceptors (Lipinski definition) is 4. The SMILES string of the molecule is O=C(O)CNCC(=O)N1c2ccccc2Sc2ccccc21. The van der Waals surface area contributed by atoms with Crippen LogP contribution in [0.5, 0.6) is 0 Å². The third-order valence-corrected chi connectivity index (χ3v) is 4.36. The van der Waals surface area contributed by atoms with Crippen molar-refractivity contribution in [2.45, 2.75) is 9.79 Å². The van der Waals surface area contributed by atoms with Crippen LogP contribution in [0.1, 0.15) is 0 Å². The van der Waals surface area contributed by atoms with Crippen LogP contribution < -0.4 is 10.2 Å². The molecule has 1 aliphatic heterocycles. The number of nitrogens with one attached hydrogen (secondary N) is 1. The molecule has 0 saturated heterocycles. The van der Waals surface area contributed by atoms with Gasteiger partial charge in [0.25, 0.3) is 0 Å². The third kappa shape index (κ3) is 2.84. The lowest BCUT2D eigenvalue weighted by Gasteiger charge is -2.31. The Morgan fingerprint density at radius 2 is 1.50 bits per heavy atom. The van der Waals surface area contributed by atoms with Crippen molar-refractivity contribution in [2.75, 3.05) is 18.0 Å². The molecule has 0 unspecified atom stereocenters. The zero-order valence-corrected chi connectivity index (χ0v) is 12.5. The number of carboxylic acid groups (broad SMARTS) is 1. The molecular formula is C16H14N2O3S. The molecule has 0 fully saturated rings. The van der Waals surface area contributed by atoms with E-state index in [4.69, 9.17) is 5.11 Å². The molecule has 2 N–H and O–H groups in total. The first kappa shape index (κ1) is 14.6. The fourth-order valence-corrected chi connectivity index (χ4v) is 3.39. The van der Waals surface area contributed by atoms with Crippen molar-refractivity contribution >= 4 is 35.0 Å². The van der Waals surface area contributed by atoms with Crippen LogP contribution in [0.2, 0.25) is 0 Å². The van der Waals surface area contributed by atoms with Crippen LogP contribution in [-0.4, -0.2) is 30.1 Å². The Kier molecular flexibility index (Phi) is 4.13. The molecule has 0 aliphatic carbocycles. The monoisotopic (exact) mass is 314 g/mol. The largest absolute Gasteiger partial charge is 0.480 e. The Morgan fingerprint density at radius 3 is 2.05 bits per heavy atom. The quantitative estimate of drug-likeness (QED) is 0.907. The summed E-state index contributed by atoms with van der Waals surface area (Å²) in [5, 5.41) is 11.3. The Hall–Kier alpha value is -2.31. The van der Waals surface area contributed by atoms with Crippen molar-refractivity contribution in [3.05, 3.63) is 48.5 Å². The van der Waals surface area contributed by atoms with E-state index in [-0.39, 0.29) is 19.0 Å². The van der Waals surface area contributed by atoms with E-state index in [1.165, 1.54) is 0 Å². The summed E-state index contributed by atoms with van der Waals surface area (Å²) >= 11 is 1.62. The average Bonchev–Trinajstić information content (AvgIpc) is 2.52. The summed E-state index contributed by atoms with van der Waals surface area (Å²) in [5.74, 6) is -1.16. The molecule has 22 heavy (non-hydrogen) atoms. The Morgan fingerprint density at radius 1 is 0.955 bits per heavy atom. The number of para-hydroxylation sites is 2. The smallest absolute Gasteiger partial charge is 0.317 e. The number of carbonyl (C=O) groups excluding carboxylic acids is 1. The first-order valence-electron chi connectivity index (χ1n) is 6.78. The van der Waals surface area contributed by atoms with Gasteiger partial charge in [0.15, 0.2) is 0 Å². The van der Waals surface area contributed by atoms with E-state index < -0.39 is 5.97 Å². The van der Waals surface area contributed by atoms with Crippen LogP contribution >= 0.6 is 11.8 Å². The number of rotatable bonds is 4. The predicted molar refractivity (Wildman–Crippen MR) is 84.7 cm³/mol. The minimum absolute atomic E-state index is 0.0281. The maximum atomic E-state index is 12.6. The second-order valence-corrected chi connectivity index (χ2v) is 5.85. The molecule has 1 amide bonds. The van der Waals surface area contributed by atoms with Crippen molar-refractivity contribution in [3.63, 3.8) is 0 Å². The highest BCUT2D eigenvalue weighted by Gasteiger charge is 2.27. The maximum Gasteiger partial charge on any atom is 0.317 e. The van der Waals surface area contributed by atoms with Gasteiger partial charge in [-0.25, -0.2) is 0 Å². The van der Waals surface area contributed by atoms with Crippen LogP contribution in [0, 0.1) is 0 Å². The Balaban J connectivity index is 1.92. The summed E-state index contributed by atoms with van der Waals surface area (Å²) in [6, 6.07) is 15.4. The summed E-state index contributed by atoms with van der Waals surface area (Å²) in [7, 11) is 0. The van der Waals surface area contributed by atoms with Gasteiger partial charge in [-0.2, -0.15) is 0 Å². The lowest BCUT2D eigenvalue weighted by atomic mass is 10.2. The van der Waals surface area contributed by atoms with E-state index in [9.17, 15) is 9.59 Å². The predicted octanol–water partition coefficient (Wildman–Crippen LogP) is 2.49. The van der Waals surface area contributed by atoms with E-state index in [1.54, 1.807) is 16.7 Å². The van der Waals surface area contributed by atoms with Gasteiger partial charge in [-0.3, -0.25) is 19.8 Å². The normalized spacial score (nSPS) is 12.5. The number of aliphatic carboxylic acids is 1. The molecule has 1 heterocycles. The number of anilines is 2. The van der Waals surface area contributed by atoms with Gasteiger partial charge in [-0.05, 0) is 24.3 Å². The van der Waals surface area contributed by atoms with E-state index >= 15 is 0 Å². The number of fused-ring (bicyclic) bond motifs is 2. The van der Waals surface area contributed by atoms with E-state index in [0.717, 1.165) is 21.2 Å². The van der Waals surface area contributed by atoms with Crippen LogP contribution in [0.3, 0.4) is 0 Å². The number of amides is 1. The van der Waals surface area contributed by atoms with E-state index in [1.807, 2.05) is 48.5 Å². The van der Waals surface area contributed by atoms with Crippen LogP contribution in [0.25, 0.3) is 0 Å². The first-order valence-corrected chi connectivity index (χ1v) is 7.60. The van der Waals surface area contributed by atoms with Crippen LogP contribution in [0.4, 0.5) is 11.4 Å². The number of nitrogens with zero attached hydrogens (tertiary/aromatic N) is 1. The second kappa shape index (κ2) is 6.21. The minimum Gasteiger partial charge on any atom is -0.480 e. The van der Waals surface area contributed by atoms with Crippen molar-refractivity contribution in [2.24, 2.45) is 0 Å². The van der Waals surface area contributed by atoms with E-state index in [2.05, 4.69) is 5.32 Å². The first-order chi connectivity index (χ1) is 10.7.